The van der Waals surface area contributed by atoms with Crippen molar-refractivity contribution in [3.63, 3.8) is 0 Å². The fourth-order valence-electron chi connectivity index (χ4n) is 2.86. The predicted octanol–water partition coefficient (Wildman–Crippen LogP) is 1.24. The second kappa shape index (κ2) is 7.98. The molecule has 3 rings (SSSR count). The summed E-state index contributed by atoms with van der Waals surface area (Å²) in [5.41, 5.74) is 7.38. The summed E-state index contributed by atoms with van der Waals surface area (Å²) in [7, 11) is -1.77. The summed E-state index contributed by atoms with van der Waals surface area (Å²) in [5.74, 6) is -1.93. The molecule has 0 aliphatic heterocycles. The van der Waals surface area contributed by atoms with Crippen molar-refractivity contribution in [1.29, 1.82) is 0 Å². The van der Waals surface area contributed by atoms with Crippen molar-refractivity contribution >= 4 is 16.8 Å². The number of aromatic nitrogens is 4. The number of hydrogen-bond acceptors (Lipinski definition) is 6. The smallest absolute Gasteiger partial charge is 0.321 e. The zero-order valence-corrected chi connectivity index (χ0v) is 14.4. The zero-order valence-electron chi connectivity index (χ0n) is 13.6. The van der Waals surface area contributed by atoms with Crippen LogP contribution in [-0.2, 0) is 15.6 Å². The lowest BCUT2D eigenvalue weighted by atomic mass is 9.85. The van der Waals surface area contributed by atoms with Crippen LogP contribution in [0.4, 0.5) is 0 Å². The van der Waals surface area contributed by atoms with Gasteiger partial charge in [-0.05, 0) is 16.3 Å². The number of benzene rings is 2. The Hall–Kier alpha value is -2.91. The molecule has 0 radical (unpaired) electrons. The van der Waals surface area contributed by atoms with E-state index in [1.165, 1.54) is 0 Å². The highest BCUT2D eigenvalue weighted by Gasteiger charge is 2.39. The molecule has 3 aromatic rings. The van der Waals surface area contributed by atoms with E-state index in [1.54, 1.807) is 48.5 Å². The van der Waals surface area contributed by atoms with E-state index in [0.29, 0.717) is 11.1 Å². The molecular weight excluding hydrogens is 354 g/mol. The van der Waals surface area contributed by atoms with Gasteiger partial charge in [0.2, 0.25) is 0 Å². The highest BCUT2D eigenvalue weighted by molar-refractivity contribution is 7.85. The normalized spacial score (nSPS) is 15.7. The van der Waals surface area contributed by atoms with Gasteiger partial charge in [0, 0.05) is 5.92 Å². The second-order valence-corrected chi connectivity index (χ2v) is 7.09. The summed E-state index contributed by atoms with van der Waals surface area (Å²) in [6.07, 6.45) is 0. The molecule has 0 aliphatic rings. The molecule has 0 bridgehead atoms. The van der Waals surface area contributed by atoms with E-state index in [-0.39, 0.29) is 5.16 Å². The van der Waals surface area contributed by atoms with Crippen molar-refractivity contribution in [3.8, 4) is 0 Å². The van der Waals surface area contributed by atoms with Crippen molar-refractivity contribution < 1.29 is 14.1 Å². The fraction of sp³-hybridized carbons (Fsp3) is 0.176. The number of nitrogens with two attached hydrogens (primary N) is 1. The topological polar surface area (TPSA) is 135 Å². The summed E-state index contributed by atoms with van der Waals surface area (Å²) in [6.45, 7) is 0. The lowest BCUT2D eigenvalue weighted by Crippen LogP contribution is -2.40. The van der Waals surface area contributed by atoms with Gasteiger partial charge in [-0.25, -0.2) is 0 Å². The van der Waals surface area contributed by atoms with Crippen molar-refractivity contribution in [2.24, 2.45) is 5.73 Å². The van der Waals surface area contributed by atoms with Crippen LogP contribution in [0.1, 0.15) is 22.3 Å². The summed E-state index contributed by atoms with van der Waals surface area (Å²) >= 11 is 0. The average molecular weight is 371 g/mol. The van der Waals surface area contributed by atoms with Crippen LogP contribution in [0.2, 0.25) is 0 Å². The minimum absolute atomic E-state index is 0.00243. The Morgan fingerprint density at radius 2 is 1.62 bits per heavy atom. The Bertz CT molecular complexity index is 874. The number of hydrogen-bond donors (Lipinski definition) is 3. The van der Waals surface area contributed by atoms with Crippen molar-refractivity contribution in [2.75, 3.05) is 0 Å². The molecule has 3 unspecified atom stereocenters. The number of aliphatic carboxylic acids is 1. The van der Waals surface area contributed by atoms with Gasteiger partial charge in [-0.2, -0.15) is 5.21 Å². The van der Waals surface area contributed by atoms with Gasteiger partial charge in [0.05, 0.1) is 5.25 Å². The van der Waals surface area contributed by atoms with Gasteiger partial charge in [0.1, 0.15) is 16.8 Å². The molecule has 4 atom stereocenters. The molecule has 9 heteroatoms. The quantitative estimate of drug-likeness (QED) is 0.569. The summed E-state index contributed by atoms with van der Waals surface area (Å²) in [4.78, 5) is 11.7. The number of tetrazole rings is 1. The van der Waals surface area contributed by atoms with Crippen LogP contribution in [0.3, 0.4) is 0 Å². The van der Waals surface area contributed by atoms with E-state index in [2.05, 4.69) is 20.6 Å². The highest BCUT2D eigenvalue weighted by Crippen LogP contribution is 2.39. The third-order valence-electron chi connectivity index (χ3n) is 4.05. The maximum Gasteiger partial charge on any atom is 0.321 e. The molecule has 1 aromatic heterocycles. The lowest BCUT2D eigenvalue weighted by molar-refractivity contribution is -0.139. The van der Waals surface area contributed by atoms with Crippen LogP contribution in [0.25, 0.3) is 0 Å². The van der Waals surface area contributed by atoms with Gasteiger partial charge < -0.3 is 10.8 Å². The maximum atomic E-state index is 13.2. The summed E-state index contributed by atoms with van der Waals surface area (Å²) < 4.78 is 13.2. The van der Waals surface area contributed by atoms with E-state index in [4.69, 9.17) is 5.73 Å². The van der Waals surface area contributed by atoms with E-state index in [0.717, 1.165) is 0 Å². The molecule has 4 N–H and O–H groups in total. The molecule has 8 nitrogen and oxygen atoms in total. The maximum absolute atomic E-state index is 13.2. The first-order chi connectivity index (χ1) is 12.6. The Morgan fingerprint density at radius 1 is 1.04 bits per heavy atom. The van der Waals surface area contributed by atoms with Crippen LogP contribution in [0.5, 0.6) is 0 Å². The second-order valence-electron chi connectivity index (χ2n) is 5.62. The average Bonchev–Trinajstić information content (AvgIpc) is 3.21. The minimum Gasteiger partial charge on any atom is -0.480 e. The Kier molecular flexibility index (Phi) is 5.49. The monoisotopic (exact) mass is 371 g/mol. The molecule has 2 aromatic carbocycles. The number of nitrogens with zero attached hydrogens (tertiary/aromatic N) is 3. The standard InChI is InChI=1S/C17H17N5O3S/c18-14(16(23)24)13(11-7-3-1-4-8-11)15(12-9-5-2-6-10-12)26(25)17-19-21-22-20-17/h1-10,13-15H,18H2,(H,23,24)(H,19,20,21,22)/t13?,14-,15?,26?/m0/s1. The van der Waals surface area contributed by atoms with E-state index < -0.39 is 34.0 Å². The lowest BCUT2D eigenvalue weighted by Gasteiger charge is -2.29. The number of nitrogens with one attached hydrogen (secondary N) is 1. The molecular formula is C17H17N5O3S. The van der Waals surface area contributed by atoms with Crippen molar-refractivity contribution in [2.45, 2.75) is 22.4 Å². The first-order valence-electron chi connectivity index (χ1n) is 7.82. The van der Waals surface area contributed by atoms with E-state index in [9.17, 15) is 14.1 Å². The van der Waals surface area contributed by atoms with Crippen molar-refractivity contribution in [1.82, 2.24) is 20.6 Å². The number of rotatable bonds is 7. The molecule has 0 amide bonds. The number of carboxylic acids is 1. The molecule has 0 fully saturated rings. The van der Waals surface area contributed by atoms with Crippen molar-refractivity contribution in [3.05, 3.63) is 71.8 Å². The molecule has 1 heterocycles. The van der Waals surface area contributed by atoms with Gasteiger partial charge in [-0.3, -0.25) is 9.00 Å². The van der Waals surface area contributed by atoms with Crippen LogP contribution < -0.4 is 5.73 Å². The number of H-pyrrole nitrogens is 1. The molecule has 0 spiro atoms. The van der Waals surface area contributed by atoms with Crippen LogP contribution in [0.15, 0.2) is 65.8 Å². The molecule has 0 saturated heterocycles. The zero-order chi connectivity index (χ0) is 18.5. The highest BCUT2D eigenvalue weighted by atomic mass is 32.2. The number of aromatic amines is 1. The SMILES string of the molecule is N[C@H](C(=O)O)C(c1ccccc1)C(c1ccccc1)S(=O)c1nn[nH]n1. The Morgan fingerprint density at radius 3 is 2.12 bits per heavy atom. The number of carboxylic acid groups (broad SMARTS) is 1. The largest absolute Gasteiger partial charge is 0.480 e. The van der Waals surface area contributed by atoms with Gasteiger partial charge >= 0.3 is 5.97 Å². The summed E-state index contributed by atoms with van der Waals surface area (Å²) in [5, 5.41) is 22.1. The number of carbonyl (C=O) groups is 1. The summed E-state index contributed by atoms with van der Waals surface area (Å²) in [6, 6.07) is 16.7. The molecule has 134 valence electrons. The van der Waals surface area contributed by atoms with Gasteiger partial charge in [0.15, 0.2) is 0 Å². The first kappa shape index (κ1) is 17.9. The predicted molar refractivity (Wildman–Crippen MR) is 94.6 cm³/mol. The minimum atomic E-state index is -1.77. The third kappa shape index (κ3) is 3.68. The van der Waals surface area contributed by atoms with Gasteiger partial charge in [0.25, 0.3) is 5.16 Å². The first-order valence-corrected chi connectivity index (χ1v) is 9.03. The van der Waals surface area contributed by atoms with Crippen LogP contribution >= 0.6 is 0 Å². The fourth-order valence-corrected chi connectivity index (χ4v) is 4.33. The van der Waals surface area contributed by atoms with Gasteiger partial charge in [-0.1, -0.05) is 65.8 Å². The molecule has 0 saturated carbocycles. The van der Waals surface area contributed by atoms with E-state index >= 15 is 0 Å². The van der Waals surface area contributed by atoms with E-state index in [1.807, 2.05) is 12.1 Å². The Labute approximate surface area is 151 Å². The molecule has 0 aliphatic carbocycles. The van der Waals surface area contributed by atoms with Crippen LogP contribution in [0, 0.1) is 0 Å². The van der Waals surface area contributed by atoms with Crippen LogP contribution in [-0.4, -0.2) is 42.0 Å². The third-order valence-corrected chi connectivity index (χ3v) is 5.61. The molecule has 26 heavy (non-hydrogen) atoms. The Balaban J connectivity index is 2.16. The van der Waals surface area contributed by atoms with Gasteiger partial charge in [-0.15, -0.1) is 5.10 Å².